The van der Waals surface area contributed by atoms with E-state index in [2.05, 4.69) is 5.32 Å². The summed E-state index contributed by atoms with van der Waals surface area (Å²) in [6, 6.07) is 0.390. The monoisotopic (exact) mass is 273 g/mol. The second kappa shape index (κ2) is 8.87. The van der Waals surface area contributed by atoms with Gasteiger partial charge >= 0.3 is 6.09 Å². The third kappa shape index (κ3) is 6.37. The molecule has 0 saturated carbocycles. The summed E-state index contributed by atoms with van der Waals surface area (Å²) in [6.45, 7) is 3.93. The number of rotatable bonds is 3. The quantitative estimate of drug-likeness (QED) is 0.714. The predicted molar refractivity (Wildman–Crippen MR) is 68.8 cm³/mol. The molecule has 1 saturated heterocycles. The minimum Gasteiger partial charge on any atom is -0.465 e. The van der Waals surface area contributed by atoms with Crippen LogP contribution in [0.25, 0.3) is 0 Å². The average Bonchev–Trinajstić information content (AvgIpc) is 2.15. The zero-order chi connectivity index (χ0) is 10.6. The number of likely N-dealkylation sites (tertiary alicyclic amines) is 1. The third-order valence-electron chi connectivity index (χ3n) is 2.42. The Hall–Kier alpha value is -0.230. The normalized spacial score (nSPS) is 21.6. The van der Waals surface area contributed by atoms with Crippen LogP contribution >= 0.6 is 24.8 Å². The number of carbonyl (C=O) groups is 1. The van der Waals surface area contributed by atoms with Crippen molar-refractivity contribution in [1.82, 2.24) is 10.2 Å². The van der Waals surface area contributed by atoms with E-state index >= 15 is 0 Å². The summed E-state index contributed by atoms with van der Waals surface area (Å²) in [6.07, 6.45) is 1.15. The first-order valence-electron chi connectivity index (χ1n) is 5.06. The molecular weight excluding hydrogens is 253 g/mol. The van der Waals surface area contributed by atoms with Gasteiger partial charge in [-0.15, -0.1) is 24.8 Å². The van der Waals surface area contributed by atoms with E-state index in [9.17, 15) is 4.79 Å². The molecule has 1 aliphatic heterocycles. The standard InChI is InChI=1S/C9H19N3O2.2ClH/c1-7(10)5-11-8-3-2-4-12(6-8)9(13)14;;/h7-8,11H,2-6,10H2,1H3,(H,13,14);2*1H/t7-,8?;;/m1../s1. The maximum absolute atomic E-state index is 10.7. The van der Waals surface area contributed by atoms with Gasteiger partial charge in [-0.2, -0.15) is 0 Å². The van der Waals surface area contributed by atoms with Gasteiger partial charge in [-0.1, -0.05) is 0 Å². The molecule has 7 heteroatoms. The fourth-order valence-corrected chi connectivity index (χ4v) is 1.67. The van der Waals surface area contributed by atoms with Crippen molar-refractivity contribution in [2.24, 2.45) is 5.73 Å². The fraction of sp³-hybridized carbons (Fsp3) is 0.889. The molecule has 0 aromatic carbocycles. The number of nitrogens with two attached hydrogens (primary N) is 1. The van der Waals surface area contributed by atoms with Crippen molar-refractivity contribution in [3.8, 4) is 0 Å². The first kappa shape index (κ1) is 18.1. The van der Waals surface area contributed by atoms with E-state index < -0.39 is 6.09 Å². The molecule has 1 fully saturated rings. The number of hydrogen-bond donors (Lipinski definition) is 3. The molecule has 1 amide bonds. The molecule has 5 nitrogen and oxygen atoms in total. The molecule has 4 N–H and O–H groups in total. The molecule has 1 heterocycles. The van der Waals surface area contributed by atoms with Crippen LogP contribution in [0.3, 0.4) is 0 Å². The van der Waals surface area contributed by atoms with Crippen LogP contribution in [0.15, 0.2) is 0 Å². The SMILES string of the molecule is C[C@@H](N)CNC1CCCN(C(=O)O)C1.Cl.Cl. The third-order valence-corrected chi connectivity index (χ3v) is 2.42. The van der Waals surface area contributed by atoms with Crippen LogP contribution in [0.2, 0.25) is 0 Å². The Balaban J connectivity index is 0. The highest BCUT2D eigenvalue weighted by atomic mass is 35.5. The molecule has 0 spiro atoms. The van der Waals surface area contributed by atoms with Gasteiger partial charge in [0.15, 0.2) is 0 Å². The Labute approximate surface area is 109 Å². The lowest BCUT2D eigenvalue weighted by Gasteiger charge is -2.31. The Bertz CT molecular complexity index is 205. The van der Waals surface area contributed by atoms with Crippen molar-refractivity contribution in [2.45, 2.75) is 31.8 Å². The molecule has 1 aliphatic rings. The molecule has 2 atom stereocenters. The van der Waals surface area contributed by atoms with Crippen LogP contribution in [0, 0.1) is 0 Å². The molecule has 0 radical (unpaired) electrons. The second-order valence-corrected chi connectivity index (χ2v) is 3.95. The molecular formula is C9H21Cl2N3O2. The van der Waals surface area contributed by atoms with Gasteiger partial charge in [-0.25, -0.2) is 4.79 Å². The van der Waals surface area contributed by atoms with Gasteiger partial charge in [0.25, 0.3) is 0 Å². The van der Waals surface area contributed by atoms with E-state index in [-0.39, 0.29) is 36.9 Å². The van der Waals surface area contributed by atoms with E-state index in [1.54, 1.807) is 0 Å². The number of amides is 1. The molecule has 0 aromatic rings. The highest BCUT2D eigenvalue weighted by Crippen LogP contribution is 2.09. The van der Waals surface area contributed by atoms with Gasteiger partial charge in [0.05, 0.1) is 0 Å². The van der Waals surface area contributed by atoms with Crippen molar-refractivity contribution in [3.63, 3.8) is 0 Å². The minimum absolute atomic E-state index is 0. The number of carboxylic acid groups (broad SMARTS) is 1. The number of hydrogen-bond acceptors (Lipinski definition) is 3. The summed E-state index contributed by atoms with van der Waals surface area (Å²) in [7, 11) is 0. The van der Waals surface area contributed by atoms with E-state index in [0.29, 0.717) is 13.1 Å². The summed E-state index contributed by atoms with van der Waals surface area (Å²) in [5.74, 6) is 0. The largest absolute Gasteiger partial charge is 0.465 e. The fourth-order valence-electron chi connectivity index (χ4n) is 1.67. The number of halogens is 2. The van der Waals surface area contributed by atoms with Crippen LogP contribution in [-0.4, -0.2) is 47.8 Å². The van der Waals surface area contributed by atoms with Crippen molar-refractivity contribution in [1.29, 1.82) is 0 Å². The highest BCUT2D eigenvalue weighted by Gasteiger charge is 2.22. The Morgan fingerprint density at radius 1 is 1.62 bits per heavy atom. The minimum atomic E-state index is -0.822. The Morgan fingerprint density at radius 3 is 2.75 bits per heavy atom. The first-order valence-corrected chi connectivity index (χ1v) is 5.06. The molecule has 0 aliphatic carbocycles. The van der Waals surface area contributed by atoms with Crippen LogP contribution in [-0.2, 0) is 0 Å². The van der Waals surface area contributed by atoms with Gasteiger partial charge < -0.3 is 21.1 Å². The summed E-state index contributed by atoms with van der Waals surface area (Å²) in [4.78, 5) is 12.2. The zero-order valence-electron chi connectivity index (χ0n) is 9.39. The number of nitrogens with one attached hydrogen (secondary N) is 1. The van der Waals surface area contributed by atoms with Gasteiger partial charge in [-0.3, -0.25) is 0 Å². The van der Waals surface area contributed by atoms with Gasteiger partial charge in [0.2, 0.25) is 0 Å². The zero-order valence-corrected chi connectivity index (χ0v) is 11.0. The molecule has 0 aromatic heterocycles. The van der Waals surface area contributed by atoms with Crippen molar-refractivity contribution in [2.75, 3.05) is 19.6 Å². The lowest BCUT2D eigenvalue weighted by Crippen LogP contribution is -2.49. The number of nitrogens with zero attached hydrogens (tertiary/aromatic N) is 1. The lowest BCUT2D eigenvalue weighted by atomic mass is 10.1. The molecule has 1 rings (SSSR count). The van der Waals surface area contributed by atoms with Crippen LogP contribution in [0.5, 0.6) is 0 Å². The Morgan fingerprint density at radius 2 is 2.25 bits per heavy atom. The van der Waals surface area contributed by atoms with E-state index in [1.165, 1.54) is 4.90 Å². The molecule has 0 bridgehead atoms. The van der Waals surface area contributed by atoms with Gasteiger partial charge in [-0.05, 0) is 19.8 Å². The maximum Gasteiger partial charge on any atom is 0.407 e. The van der Waals surface area contributed by atoms with Crippen molar-refractivity contribution >= 4 is 30.9 Å². The van der Waals surface area contributed by atoms with Crippen LogP contribution < -0.4 is 11.1 Å². The average molecular weight is 274 g/mol. The molecule has 16 heavy (non-hydrogen) atoms. The number of piperidine rings is 1. The van der Waals surface area contributed by atoms with Crippen molar-refractivity contribution in [3.05, 3.63) is 0 Å². The predicted octanol–water partition coefficient (Wildman–Crippen LogP) is 0.909. The summed E-state index contributed by atoms with van der Waals surface area (Å²) >= 11 is 0. The topological polar surface area (TPSA) is 78.6 Å². The van der Waals surface area contributed by atoms with Crippen LogP contribution in [0.4, 0.5) is 4.79 Å². The maximum atomic E-state index is 10.7. The lowest BCUT2D eigenvalue weighted by molar-refractivity contribution is 0.126. The summed E-state index contributed by atoms with van der Waals surface area (Å²) in [5.41, 5.74) is 5.61. The van der Waals surface area contributed by atoms with Crippen molar-refractivity contribution < 1.29 is 9.90 Å². The van der Waals surface area contributed by atoms with E-state index in [0.717, 1.165) is 19.4 Å². The molecule has 98 valence electrons. The van der Waals surface area contributed by atoms with Crippen LogP contribution in [0.1, 0.15) is 19.8 Å². The van der Waals surface area contributed by atoms with E-state index in [1.807, 2.05) is 6.92 Å². The smallest absolute Gasteiger partial charge is 0.407 e. The van der Waals surface area contributed by atoms with Gasteiger partial charge in [0.1, 0.15) is 0 Å². The summed E-state index contributed by atoms with van der Waals surface area (Å²) in [5, 5.41) is 12.1. The molecule has 1 unspecified atom stereocenters. The highest BCUT2D eigenvalue weighted by molar-refractivity contribution is 5.85. The Kier molecular flexibility index (Phi) is 10.1. The second-order valence-electron chi connectivity index (χ2n) is 3.95. The first-order chi connectivity index (χ1) is 6.59. The van der Waals surface area contributed by atoms with E-state index in [4.69, 9.17) is 10.8 Å². The van der Waals surface area contributed by atoms with Gasteiger partial charge in [0, 0.05) is 31.7 Å². The summed E-state index contributed by atoms with van der Waals surface area (Å²) < 4.78 is 0.